The van der Waals surface area contributed by atoms with Gasteiger partial charge in [-0.15, -0.1) is 0 Å². The molecule has 2 aromatic carbocycles. The molecule has 0 aromatic heterocycles. The minimum absolute atomic E-state index is 0.0686. The molecule has 2 amide bonds. The Morgan fingerprint density at radius 2 is 1.78 bits per heavy atom. The fraction of sp³-hybridized carbons (Fsp3) is 0.423. The van der Waals surface area contributed by atoms with Gasteiger partial charge in [0.05, 0.1) is 38.9 Å². The van der Waals surface area contributed by atoms with Crippen LogP contribution in [0.15, 0.2) is 36.4 Å². The minimum Gasteiger partial charge on any atom is -0.493 e. The van der Waals surface area contributed by atoms with Crippen molar-refractivity contribution in [1.82, 2.24) is 5.32 Å². The molecule has 1 N–H and O–H groups in total. The molecular formula is C26H28N2O8. The number of nitrogens with zero attached hydrogens (tertiary/aromatic N) is 1. The summed E-state index contributed by atoms with van der Waals surface area (Å²) in [6.07, 6.45) is 0.911. The molecule has 0 saturated carbocycles. The van der Waals surface area contributed by atoms with Crippen LogP contribution in [0.5, 0.6) is 23.0 Å². The zero-order chi connectivity index (χ0) is 25.6. The van der Waals surface area contributed by atoms with E-state index in [1.807, 2.05) is 6.92 Å². The number of nitrogens with one attached hydrogen (secondary N) is 1. The number of carbonyl (C=O) groups is 3. The van der Waals surface area contributed by atoms with Crippen molar-refractivity contribution >= 4 is 23.5 Å². The van der Waals surface area contributed by atoms with Gasteiger partial charge >= 0.3 is 5.97 Å². The second-order valence-electron chi connectivity index (χ2n) is 9.00. The second-order valence-corrected chi connectivity index (χ2v) is 9.00. The summed E-state index contributed by atoms with van der Waals surface area (Å²) in [7, 11) is 4.35. The van der Waals surface area contributed by atoms with Crippen LogP contribution >= 0.6 is 0 Å². The number of anilines is 1. The Morgan fingerprint density at radius 1 is 1.03 bits per heavy atom. The lowest BCUT2D eigenvalue weighted by Crippen LogP contribution is -2.56. The van der Waals surface area contributed by atoms with Crippen LogP contribution in [0.1, 0.15) is 31.4 Å². The van der Waals surface area contributed by atoms with E-state index in [2.05, 4.69) is 5.32 Å². The van der Waals surface area contributed by atoms with Gasteiger partial charge in [0, 0.05) is 12.1 Å². The van der Waals surface area contributed by atoms with Crippen molar-refractivity contribution in [3.8, 4) is 23.0 Å². The van der Waals surface area contributed by atoms with Gasteiger partial charge in [0.25, 0.3) is 0 Å². The van der Waals surface area contributed by atoms with Gasteiger partial charge in [-0.3, -0.25) is 19.7 Å². The Balaban J connectivity index is 1.63. The van der Waals surface area contributed by atoms with Gasteiger partial charge < -0.3 is 23.7 Å². The van der Waals surface area contributed by atoms with E-state index in [0.29, 0.717) is 47.1 Å². The summed E-state index contributed by atoms with van der Waals surface area (Å²) < 4.78 is 26.8. The molecule has 10 nitrogen and oxygen atoms in total. The van der Waals surface area contributed by atoms with E-state index in [1.165, 1.54) is 21.3 Å². The summed E-state index contributed by atoms with van der Waals surface area (Å²) in [5.74, 6) is -1.24. The van der Waals surface area contributed by atoms with Gasteiger partial charge in [-0.2, -0.15) is 0 Å². The van der Waals surface area contributed by atoms with E-state index >= 15 is 0 Å². The third-order valence-electron chi connectivity index (χ3n) is 7.23. The maximum atomic E-state index is 13.9. The number of imide groups is 1. The molecule has 0 aliphatic carbocycles. The van der Waals surface area contributed by atoms with Crippen molar-refractivity contribution in [2.24, 2.45) is 11.8 Å². The lowest BCUT2D eigenvalue weighted by Gasteiger charge is -2.32. The monoisotopic (exact) mass is 496 g/mol. The highest BCUT2D eigenvalue weighted by Crippen LogP contribution is 2.52. The molecule has 2 fully saturated rings. The first-order valence-corrected chi connectivity index (χ1v) is 11.8. The summed E-state index contributed by atoms with van der Waals surface area (Å²) in [4.78, 5) is 42.3. The van der Waals surface area contributed by atoms with E-state index in [0.717, 1.165) is 4.90 Å². The normalized spacial score (nSPS) is 26.2. The first-order chi connectivity index (χ1) is 17.4. The number of amides is 2. The van der Waals surface area contributed by atoms with Crippen LogP contribution in [0.4, 0.5) is 5.69 Å². The lowest BCUT2D eigenvalue weighted by atomic mass is 9.77. The molecule has 4 atom stereocenters. The number of benzene rings is 2. The van der Waals surface area contributed by atoms with Crippen LogP contribution in [0.2, 0.25) is 0 Å². The number of hydrogen-bond acceptors (Lipinski definition) is 9. The Morgan fingerprint density at radius 3 is 2.47 bits per heavy atom. The van der Waals surface area contributed by atoms with Gasteiger partial charge in [-0.25, -0.2) is 4.90 Å². The summed E-state index contributed by atoms with van der Waals surface area (Å²) in [5, 5.41) is 3.35. The van der Waals surface area contributed by atoms with E-state index in [1.54, 1.807) is 36.4 Å². The molecule has 36 heavy (non-hydrogen) atoms. The maximum absolute atomic E-state index is 13.9. The van der Waals surface area contributed by atoms with Crippen LogP contribution in [0, 0.1) is 11.8 Å². The molecule has 10 heteroatoms. The number of fused-ring (bicyclic) bond motifs is 2. The van der Waals surface area contributed by atoms with Gasteiger partial charge in [0.15, 0.2) is 23.0 Å². The molecule has 0 unspecified atom stereocenters. The number of ether oxygens (including phenoxy) is 5. The Labute approximate surface area is 208 Å². The summed E-state index contributed by atoms with van der Waals surface area (Å²) in [6, 6.07) is 9.57. The standard InChI is InChI=1S/C26H28N2O8/c1-5-10-26(25(31)34-4)21-20(22(27-26)14-6-8-16(32-2)18(11-14)33-3)23(29)28(24(21)30)15-7-9-17-19(12-15)36-13-35-17/h6-9,11-12,20-22,27H,5,10,13H2,1-4H3/t20-,21-,22-,26-/m0/s1. The van der Waals surface area contributed by atoms with Gasteiger partial charge in [-0.05, 0) is 36.2 Å². The topological polar surface area (TPSA) is 113 Å². The lowest BCUT2D eigenvalue weighted by molar-refractivity contribution is -0.152. The molecule has 0 bridgehead atoms. The smallest absolute Gasteiger partial charge is 0.326 e. The predicted molar refractivity (Wildman–Crippen MR) is 127 cm³/mol. The maximum Gasteiger partial charge on any atom is 0.326 e. The highest BCUT2D eigenvalue weighted by molar-refractivity contribution is 6.24. The molecule has 0 radical (unpaired) electrons. The molecule has 2 saturated heterocycles. The highest BCUT2D eigenvalue weighted by atomic mass is 16.7. The quantitative estimate of drug-likeness (QED) is 0.457. The third kappa shape index (κ3) is 3.39. The summed E-state index contributed by atoms with van der Waals surface area (Å²) in [6.45, 7) is 1.99. The minimum atomic E-state index is -1.37. The zero-order valence-corrected chi connectivity index (χ0v) is 20.5. The largest absolute Gasteiger partial charge is 0.493 e. The van der Waals surface area contributed by atoms with Crippen molar-refractivity contribution in [2.75, 3.05) is 33.0 Å². The van der Waals surface area contributed by atoms with Crippen LogP contribution < -0.4 is 29.2 Å². The van der Waals surface area contributed by atoms with Gasteiger partial charge in [0.1, 0.15) is 5.54 Å². The Bertz CT molecular complexity index is 1230. The molecule has 5 rings (SSSR count). The first kappa shape index (κ1) is 23.9. The Kier molecular flexibility index (Phi) is 5.99. The number of rotatable bonds is 7. The molecular weight excluding hydrogens is 468 g/mol. The Hall–Kier alpha value is -3.79. The van der Waals surface area contributed by atoms with E-state index < -0.39 is 41.2 Å². The van der Waals surface area contributed by atoms with Crippen molar-refractivity contribution < 1.29 is 38.1 Å². The second kappa shape index (κ2) is 9.02. The van der Waals surface area contributed by atoms with Crippen LogP contribution in [-0.4, -0.2) is 51.4 Å². The van der Waals surface area contributed by atoms with Crippen LogP contribution in [0.3, 0.4) is 0 Å². The van der Waals surface area contributed by atoms with Crippen LogP contribution in [0.25, 0.3) is 0 Å². The fourth-order valence-corrected chi connectivity index (χ4v) is 5.71. The SMILES string of the molecule is CCC[C@]1(C(=O)OC)N[C@@H](c2ccc(OC)c(OC)c2)[C@H]2C(=O)N(c3ccc4c(c3)OCO4)C(=O)[C@H]21. The van der Waals surface area contributed by atoms with Crippen molar-refractivity contribution in [1.29, 1.82) is 0 Å². The number of carbonyl (C=O) groups excluding carboxylic acids is 3. The number of hydrogen-bond donors (Lipinski definition) is 1. The van der Waals surface area contributed by atoms with Crippen molar-refractivity contribution in [3.05, 3.63) is 42.0 Å². The third-order valence-corrected chi connectivity index (χ3v) is 7.23. The van der Waals surface area contributed by atoms with Gasteiger partial charge in [-0.1, -0.05) is 19.4 Å². The van der Waals surface area contributed by atoms with Crippen LogP contribution in [-0.2, 0) is 19.1 Å². The average Bonchev–Trinajstić information content (AvgIpc) is 3.57. The average molecular weight is 497 g/mol. The predicted octanol–water partition coefficient (Wildman–Crippen LogP) is 2.59. The molecule has 3 heterocycles. The molecule has 190 valence electrons. The first-order valence-electron chi connectivity index (χ1n) is 11.8. The fourth-order valence-electron chi connectivity index (χ4n) is 5.71. The van der Waals surface area contributed by atoms with Crippen molar-refractivity contribution in [2.45, 2.75) is 31.3 Å². The number of methoxy groups -OCH3 is 3. The summed E-state index contributed by atoms with van der Waals surface area (Å²) in [5.41, 5.74) is -0.313. The van der Waals surface area contributed by atoms with E-state index in [9.17, 15) is 14.4 Å². The molecule has 0 spiro atoms. The molecule has 3 aliphatic heterocycles. The highest BCUT2D eigenvalue weighted by Gasteiger charge is 2.68. The van der Waals surface area contributed by atoms with Gasteiger partial charge in [0.2, 0.25) is 18.6 Å². The summed E-state index contributed by atoms with van der Waals surface area (Å²) >= 11 is 0. The van der Waals surface area contributed by atoms with Crippen molar-refractivity contribution in [3.63, 3.8) is 0 Å². The molecule has 3 aliphatic rings. The zero-order valence-electron chi connectivity index (χ0n) is 20.5. The molecule has 2 aromatic rings. The number of esters is 1. The van der Waals surface area contributed by atoms with E-state index in [-0.39, 0.29) is 6.79 Å². The van der Waals surface area contributed by atoms with E-state index in [4.69, 9.17) is 23.7 Å².